The van der Waals surface area contributed by atoms with E-state index in [9.17, 15) is 34.2 Å². The Balaban J connectivity index is 0.00000184. The summed E-state index contributed by atoms with van der Waals surface area (Å²) in [4.78, 5) is 56.7. The van der Waals surface area contributed by atoms with Crippen LogP contribution in [-0.2, 0) is 88.9 Å². The summed E-state index contributed by atoms with van der Waals surface area (Å²) >= 11 is 0. The van der Waals surface area contributed by atoms with Gasteiger partial charge in [-0.1, -0.05) is 374 Å². The van der Waals surface area contributed by atoms with Crippen molar-refractivity contribution >= 4 is 29.8 Å². The van der Waals surface area contributed by atoms with Gasteiger partial charge >= 0.3 is 17.9 Å². The van der Waals surface area contributed by atoms with E-state index < -0.39 is 18.0 Å². The summed E-state index contributed by atoms with van der Waals surface area (Å²) in [5, 5.41) is 21.6. The lowest BCUT2D eigenvalue weighted by Gasteiger charge is -2.45. The number of benzene rings is 2. The molecule has 874 valence electrons. The van der Waals surface area contributed by atoms with Gasteiger partial charge in [0.1, 0.15) is 50.4 Å². The van der Waals surface area contributed by atoms with Crippen molar-refractivity contribution in [2.45, 2.75) is 504 Å². The fourth-order valence-corrected chi connectivity index (χ4v) is 19.3. The molecule has 0 N–H and O–H groups in total. The highest BCUT2D eigenvalue weighted by Gasteiger charge is 2.42. The molecular formula is C126H236N3O20+. The van der Waals surface area contributed by atoms with E-state index in [1.54, 1.807) is 0 Å². The highest BCUT2D eigenvalue weighted by Crippen LogP contribution is 2.28. The monoisotopic (exact) mass is 2110 g/mol. The third-order valence-electron chi connectivity index (χ3n) is 29.0. The largest absolute Gasteiger partial charge is 0.550 e. The van der Waals surface area contributed by atoms with Crippen molar-refractivity contribution in [2.75, 3.05) is 206 Å². The van der Waals surface area contributed by atoms with Crippen LogP contribution < -0.4 is 19.7 Å². The van der Waals surface area contributed by atoms with Crippen LogP contribution >= 0.6 is 0 Å². The Morgan fingerprint density at radius 3 is 0.852 bits per heavy atom. The summed E-state index contributed by atoms with van der Waals surface area (Å²) in [6.07, 6.45) is 85.9. The summed E-state index contributed by atoms with van der Waals surface area (Å²) in [5.41, 5.74) is 2.76. The average Bonchev–Trinajstić information content (AvgIpc) is 0.814. The van der Waals surface area contributed by atoms with E-state index in [4.69, 9.17) is 61.6 Å². The predicted octanol–water partition coefficient (Wildman–Crippen LogP) is 28.1. The molecule has 2 aliphatic heterocycles. The van der Waals surface area contributed by atoms with Gasteiger partial charge < -0.3 is 94.8 Å². The number of piperidine rings is 2. The molecule has 0 amide bonds. The molecule has 2 aromatic carbocycles. The number of aliphatic carboxylic acids is 2. The highest BCUT2D eigenvalue weighted by molar-refractivity contribution is 5.74. The van der Waals surface area contributed by atoms with Crippen LogP contribution in [0.15, 0.2) is 48.5 Å². The number of likely N-dealkylation sites (N-methyl/N-ethyl adjacent to an activating group) is 3. The Morgan fingerprint density at radius 2 is 0.544 bits per heavy atom. The van der Waals surface area contributed by atoms with Crippen molar-refractivity contribution in [2.24, 2.45) is 0 Å². The SMILES string of the molecule is CCCCCCCCCCCCCCCCOCCOCCCCC(=O)OCC.CCCCCCCCCCCCCCCCOCCOCCCCC(=O)[O-].CCCCCCCCCCCCCCCCOCCOCC[N+](C)(C)CC(=O)OCC.CCCCCCCCc1ccc(OCCOCC[N+]2(C)CCCCC2C(=O)OCC)cc1.CCCCCCCCc1ccc(OCCOCC[N+]2(C)CCCCC2C(=O)[O-])cc1. The van der Waals surface area contributed by atoms with E-state index in [2.05, 4.69) is 78.1 Å². The molecule has 2 aromatic rings. The quantitative estimate of drug-likeness (QED) is 0.0258. The molecule has 149 heavy (non-hydrogen) atoms. The van der Waals surface area contributed by atoms with Crippen molar-refractivity contribution in [3.05, 3.63) is 59.7 Å². The maximum Gasteiger partial charge on any atom is 0.364 e. The molecule has 4 atom stereocenters. The maximum atomic E-state index is 12.3. The average molecular weight is 2110 g/mol. The highest BCUT2D eigenvalue weighted by atomic mass is 16.6. The van der Waals surface area contributed by atoms with Crippen LogP contribution in [0.3, 0.4) is 0 Å². The molecule has 4 rings (SSSR count). The number of unbranched alkanes of at least 4 members (excludes halogenated alkanes) is 51. The van der Waals surface area contributed by atoms with E-state index in [1.165, 1.54) is 339 Å². The molecule has 2 heterocycles. The molecule has 0 saturated carbocycles. The van der Waals surface area contributed by atoms with Crippen LogP contribution in [0.4, 0.5) is 0 Å². The number of likely N-dealkylation sites (tertiary alicyclic amines) is 2. The topological polar surface area (TPSA) is 251 Å². The number of ether oxygens (including phenoxy) is 13. The zero-order chi connectivity index (χ0) is 109. The summed E-state index contributed by atoms with van der Waals surface area (Å²) in [6.45, 7) is 34.4. The van der Waals surface area contributed by atoms with Crippen LogP contribution in [0.25, 0.3) is 0 Å². The summed E-state index contributed by atoms with van der Waals surface area (Å²) in [7, 11) is 8.21. The molecule has 23 heteroatoms. The van der Waals surface area contributed by atoms with Crippen molar-refractivity contribution in [3.8, 4) is 11.5 Å². The van der Waals surface area contributed by atoms with Gasteiger partial charge in [0.2, 0.25) is 0 Å². The minimum atomic E-state index is -0.980. The first-order valence-electron chi connectivity index (χ1n) is 62.2. The van der Waals surface area contributed by atoms with Gasteiger partial charge in [0, 0.05) is 58.3 Å². The molecule has 4 unspecified atom stereocenters. The first-order chi connectivity index (χ1) is 72.7. The minimum absolute atomic E-state index is 0.0570. The van der Waals surface area contributed by atoms with Crippen molar-refractivity contribution in [1.29, 1.82) is 0 Å². The van der Waals surface area contributed by atoms with Gasteiger partial charge in [0.05, 0.1) is 140 Å². The normalized spacial score (nSPS) is 15.4. The third kappa shape index (κ3) is 96.1. The Morgan fingerprint density at radius 1 is 0.282 bits per heavy atom. The van der Waals surface area contributed by atoms with E-state index >= 15 is 0 Å². The third-order valence-corrected chi connectivity index (χ3v) is 29.0. The van der Waals surface area contributed by atoms with Gasteiger partial charge in [-0.25, -0.2) is 9.59 Å². The number of esters is 3. The van der Waals surface area contributed by atoms with Crippen molar-refractivity contribution < 1.29 is 109 Å². The zero-order valence-corrected chi connectivity index (χ0v) is 99.0. The Bertz CT molecular complexity index is 3170. The first kappa shape index (κ1) is 144. The van der Waals surface area contributed by atoms with Crippen molar-refractivity contribution in [1.82, 2.24) is 0 Å². The zero-order valence-electron chi connectivity index (χ0n) is 99.0. The number of carbonyl (C=O) groups is 5. The van der Waals surface area contributed by atoms with E-state index in [-0.39, 0.29) is 30.4 Å². The fraction of sp³-hybridized carbons (Fsp3) is 0.865. The molecule has 23 nitrogen and oxygen atoms in total. The molecule has 0 aliphatic carbocycles. The molecule has 0 spiro atoms. The van der Waals surface area contributed by atoms with Crippen LogP contribution in [0.2, 0.25) is 0 Å². The Labute approximate surface area is 915 Å². The van der Waals surface area contributed by atoms with Gasteiger partial charge in [0.25, 0.3) is 0 Å². The first-order valence-corrected chi connectivity index (χ1v) is 62.2. The Hall–Kier alpha value is -5.05. The van der Waals surface area contributed by atoms with Crippen LogP contribution in [0.5, 0.6) is 11.5 Å². The van der Waals surface area contributed by atoms with Gasteiger partial charge in [0.15, 0.2) is 12.6 Å². The molecule has 0 bridgehead atoms. The maximum absolute atomic E-state index is 12.3. The minimum Gasteiger partial charge on any atom is -0.550 e. The number of carboxylic acid groups (broad SMARTS) is 2. The standard InChI is InChI=1S/C27H46NO4.C26H54NO4.C25H41NO4.C25H50O4.C23H46O4/c1-4-6-7-8-9-10-13-24-15-17-25(18-16-24)32-23-22-30-21-20-28(3)19-12-11-14-26(28)27(29)31-5-2;1-5-7-8-9-10-11-12-13-14-15-16-17-18-19-21-29-23-24-30-22-20-27(3,4)25-26(28)31-6-2;1-3-4-5-6-7-8-11-22-13-15-23(16-14-22)30-21-20-29-19-18-26(2)17-10-9-12-24(26)25(27)28;1-3-5-6-7-8-9-10-11-12-13-14-15-16-18-21-27-23-24-28-22-19-17-20-25(26)29-4-2;1-2-3-4-5-6-7-8-9-10-11-12-13-14-16-19-26-21-22-27-20-17-15-18-23(24)25/h15-18,26H,4-14,19-23H2,1-3H3;5-25H2,1-4H3;13-16,24H,3-12,17-21H2,1-2H3;3-24H2,1-2H3;2-22H2,1H3,(H,24,25)/q2*+1;;;/p-1. The molecule has 0 aromatic heterocycles. The van der Waals surface area contributed by atoms with Crippen LogP contribution in [0, 0.1) is 0 Å². The lowest BCUT2D eigenvalue weighted by Crippen LogP contribution is -2.62. The molecule has 0 radical (unpaired) electrons. The number of rotatable bonds is 102. The summed E-state index contributed by atoms with van der Waals surface area (Å²) in [6, 6.07) is 16.4. The number of hydrogen-bond acceptors (Lipinski definition) is 20. The summed E-state index contributed by atoms with van der Waals surface area (Å²) in [5.74, 6) is -0.451. The Kier molecular flexibility index (Phi) is 106. The van der Waals surface area contributed by atoms with Crippen LogP contribution in [0.1, 0.15) is 490 Å². The van der Waals surface area contributed by atoms with E-state index in [1.807, 2.05) is 54.0 Å². The lowest BCUT2D eigenvalue weighted by molar-refractivity contribution is -0.932. The summed E-state index contributed by atoms with van der Waals surface area (Å²) < 4.78 is 73.6. The van der Waals surface area contributed by atoms with Gasteiger partial charge in [-0.05, 0) is 159 Å². The second-order valence-electron chi connectivity index (χ2n) is 43.4. The van der Waals surface area contributed by atoms with Crippen LogP contribution in [-0.4, -0.2) is 262 Å². The number of carbonyl (C=O) groups excluding carboxylic acids is 5. The predicted molar refractivity (Wildman–Crippen MR) is 612 cm³/mol. The van der Waals surface area contributed by atoms with Gasteiger partial charge in [-0.15, -0.1) is 0 Å². The number of nitrogens with zero attached hydrogens (tertiary/aromatic N) is 3. The fourth-order valence-electron chi connectivity index (χ4n) is 19.3. The lowest BCUT2D eigenvalue weighted by atomic mass is 9.99. The molecular weight excluding hydrogens is 1880 g/mol. The number of quaternary nitrogens is 3. The second kappa shape index (κ2) is 110. The molecule has 2 aliphatic rings. The molecule has 2 fully saturated rings. The number of hydrogen-bond donors (Lipinski definition) is 0. The van der Waals surface area contributed by atoms with E-state index in [0.29, 0.717) is 160 Å². The second-order valence-corrected chi connectivity index (χ2v) is 43.4. The molecule has 2 saturated heterocycles. The van der Waals surface area contributed by atoms with Crippen molar-refractivity contribution in [3.63, 3.8) is 0 Å². The van der Waals surface area contributed by atoms with Gasteiger partial charge in [-0.2, -0.15) is 0 Å². The smallest absolute Gasteiger partial charge is 0.364 e. The number of carboxylic acids is 2. The van der Waals surface area contributed by atoms with E-state index in [0.717, 1.165) is 145 Å². The number of aryl methyl sites for hydroxylation is 2. The van der Waals surface area contributed by atoms with Gasteiger partial charge in [-0.3, -0.25) is 4.79 Å².